The molecule has 0 saturated carbocycles. The topological polar surface area (TPSA) is 46.8 Å². The van der Waals surface area contributed by atoms with Gasteiger partial charge in [-0.3, -0.25) is 0 Å². The van der Waals surface area contributed by atoms with Crippen LogP contribution in [0.3, 0.4) is 0 Å². The van der Waals surface area contributed by atoms with E-state index in [1.165, 1.54) is 17.1 Å². The summed E-state index contributed by atoms with van der Waals surface area (Å²) < 4.78 is 6.30. The predicted octanol–water partition coefficient (Wildman–Crippen LogP) is 3.79. The second kappa shape index (κ2) is 7.10. The SMILES string of the molecule is CCOC1=C2C=NC=C[N+]2([AsH2])C(c2ccc3ccc(-c4ccccc4)nc3c2)=N1. The summed E-state index contributed by atoms with van der Waals surface area (Å²) in [6, 6.07) is 20.8. The predicted molar refractivity (Wildman–Crippen MR) is 119 cm³/mol. The molecule has 0 N–H and O–H groups in total. The molecule has 6 heteroatoms. The van der Waals surface area contributed by atoms with Crippen molar-refractivity contribution in [2.45, 2.75) is 6.92 Å². The Hall–Kier alpha value is -3.01. The summed E-state index contributed by atoms with van der Waals surface area (Å²) >= 11 is 1.52. The fourth-order valence-electron chi connectivity index (χ4n) is 3.61. The van der Waals surface area contributed by atoms with Gasteiger partial charge in [0.25, 0.3) is 0 Å². The second-order valence-electron chi connectivity index (χ2n) is 6.88. The normalized spacial score (nSPS) is 20.1. The third-order valence-corrected chi connectivity index (χ3v) is 6.52. The van der Waals surface area contributed by atoms with Crippen molar-refractivity contribution in [3.63, 3.8) is 0 Å². The summed E-state index contributed by atoms with van der Waals surface area (Å²) in [6.45, 7) is 2.54. The van der Waals surface area contributed by atoms with Gasteiger partial charge in [-0.25, -0.2) is 0 Å². The van der Waals surface area contributed by atoms with E-state index < -0.39 is 0 Å². The van der Waals surface area contributed by atoms with E-state index in [4.69, 9.17) is 14.7 Å². The van der Waals surface area contributed by atoms with Gasteiger partial charge in [-0.1, -0.05) is 0 Å². The number of hydrogen-bond acceptors (Lipinski definition) is 4. The number of aromatic nitrogens is 1. The Bertz CT molecular complexity index is 1230. The zero-order valence-electron chi connectivity index (χ0n) is 16.0. The first-order valence-electron chi connectivity index (χ1n) is 9.51. The van der Waals surface area contributed by atoms with E-state index in [9.17, 15) is 0 Å². The molecule has 5 nitrogen and oxygen atoms in total. The van der Waals surface area contributed by atoms with E-state index in [1.54, 1.807) is 0 Å². The average Bonchev–Trinajstić information content (AvgIpc) is 3.06. The van der Waals surface area contributed by atoms with Crippen LogP contribution in [-0.2, 0) is 4.74 Å². The van der Waals surface area contributed by atoms with Gasteiger partial charge in [-0.15, -0.1) is 0 Å². The third-order valence-electron chi connectivity index (χ3n) is 5.06. The minimum absolute atomic E-state index is 0.496. The van der Waals surface area contributed by atoms with E-state index in [0.717, 1.165) is 39.3 Å². The third kappa shape index (κ3) is 3.03. The van der Waals surface area contributed by atoms with Gasteiger partial charge in [-0.2, -0.15) is 0 Å². The van der Waals surface area contributed by atoms with Gasteiger partial charge in [0.05, 0.1) is 0 Å². The number of pyridine rings is 1. The van der Waals surface area contributed by atoms with Crippen molar-refractivity contribution in [3.8, 4) is 11.3 Å². The molecule has 3 aromatic rings. The molecule has 5 rings (SSSR count). The molecule has 2 unspecified atom stereocenters. The molecule has 29 heavy (non-hydrogen) atoms. The number of aliphatic imine (C=N–C) groups is 2. The molecule has 3 heterocycles. The summed E-state index contributed by atoms with van der Waals surface area (Å²) in [5, 5.41) is 1.11. The van der Waals surface area contributed by atoms with Gasteiger partial charge >= 0.3 is 178 Å². The molecule has 0 saturated heterocycles. The van der Waals surface area contributed by atoms with Crippen LogP contribution in [-0.4, -0.2) is 44.1 Å². The zero-order chi connectivity index (χ0) is 19.8. The Morgan fingerprint density at radius 1 is 1.00 bits per heavy atom. The maximum absolute atomic E-state index is 5.80. The van der Waals surface area contributed by atoms with Gasteiger partial charge in [0.1, 0.15) is 0 Å². The summed E-state index contributed by atoms with van der Waals surface area (Å²) in [7, 11) is 0. The van der Waals surface area contributed by atoms with E-state index >= 15 is 0 Å². The summed E-state index contributed by atoms with van der Waals surface area (Å²) in [6.07, 6.45) is 5.72. The molecule has 2 atom stereocenters. The fraction of sp³-hybridized carbons (Fsp3) is 0.0870. The molecule has 142 valence electrons. The number of allylic oxidation sites excluding steroid dienone is 1. The summed E-state index contributed by atoms with van der Waals surface area (Å²) in [4.78, 5) is 14.0. The van der Waals surface area contributed by atoms with Crippen molar-refractivity contribution in [2.24, 2.45) is 9.98 Å². The average molecular weight is 443 g/mol. The van der Waals surface area contributed by atoms with Crippen LogP contribution in [0.4, 0.5) is 0 Å². The minimum atomic E-state index is 0.496. The first kappa shape index (κ1) is 18.0. The first-order valence-corrected chi connectivity index (χ1v) is 10.6. The van der Waals surface area contributed by atoms with Crippen LogP contribution in [0.2, 0.25) is 0 Å². The molecule has 0 spiro atoms. The molecule has 0 radical (unpaired) electrons. The number of quaternary nitrogens is 1. The Balaban J connectivity index is 1.61. The van der Waals surface area contributed by atoms with E-state index in [2.05, 4.69) is 53.7 Å². The van der Waals surface area contributed by atoms with Crippen LogP contribution in [0.1, 0.15) is 12.5 Å². The van der Waals surface area contributed by atoms with E-state index in [1.807, 2.05) is 37.5 Å². The van der Waals surface area contributed by atoms with Crippen molar-refractivity contribution in [1.82, 2.24) is 4.98 Å². The van der Waals surface area contributed by atoms with Crippen molar-refractivity contribution >= 4 is 40.0 Å². The molecule has 0 fully saturated rings. The van der Waals surface area contributed by atoms with E-state index in [0.29, 0.717) is 15.9 Å². The van der Waals surface area contributed by atoms with Crippen LogP contribution in [0.15, 0.2) is 94.6 Å². The zero-order valence-corrected chi connectivity index (χ0v) is 18.4. The number of rotatable bonds is 4. The monoisotopic (exact) mass is 443 g/mol. The Kier molecular flexibility index (Phi) is 4.42. The number of benzene rings is 2. The van der Waals surface area contributed by atoms with Crippen LogP contribution < -0.4 is 0 Å². The number of nitrogens with zero attached hydrogens (tertiary/aromatic N) is 4. The Labute approximate surface area is 178 Å². The van der Waals surface area contributed by atoms with Crippen LogP contribution in [0, 0.1) is 0 Å². The number of fused-ring (bicyclic) bond motifs is 2. The maximum atomic E-state index is 5.80. The van der Waals surface area contributed by atoms with Gasteiger partial charge < -0.3 is 0 Å². The van der Waals surface area contributed by atoms with Crippen LogP contribution in [0.5, 0.6) is 0 Å². The molecule has 0 amide bonds. The van der Waals surface area contributed by atoms with Crippen molar-refractivity contribution in [3.05, 3.63) is 90.2 Å². The van der Waals surface area contributed by atoms with Crippen molar-refractivity contribution < 1.29 is 8.14 Å². The molecule has 2 aliphatic heterocycles. The van der Waals surface area contributed by atoms with Gasteiger partial charge in [-0.05, 0) is 0 Å². The second-order valence-corrected chi connectivity index (χ2v) is 8.59. The number of amidine groups is 1. The first-order chi connectivity index (χ1) is 14.2. The quantitative estimate of drug-likeness (QED) is 0.577. The molecule has 1 aromatic heterocycles. The standard InChI is InChI=1S/C23H20AsN4O/c1-2-29-23-21-15-25-12-13-28(21,24)22(27-23)18-9-8-17-10-11-19(26-20(17)14-18)16-6-4-3-5-7-16/h3-15H,2,24H2,1H3/q+1. The van der Waals surface area contributed by atoms with Crippen LogP contribution >= 0.6 is 0 Å². The van der Waals surface area contributed by atoms with Crippen molar-refractivity contribution in [2.75, 3.05) is 6.61 Å². The molecule has 2 aliphatic rings. The molecule has 2 aromatic carbocycles. The van der Waals surface area contributed by atoms with Gasteiger partial charge in [0, 0.05) is 0 Å². The summed E-state index contributed by atoms with van der Waals surface area (Å²) in [5.41, 5.74) is 5.03. The Morgan fingerprint density at radius 3 is 2.66 bits per heavy atom. The molecule has 0 aliphatic carbocycles. The number of ether oxygens (including phenoxy) is 1. The molecular formula is C23H20AsN4O+. The Morgan fingerprint density at radius 2 is 1.83 bits per heavy atom. The fourth-order valence-corrected chi connectivity index (χ4v) is 4.58. The van der Waals surface area contributed by atoms with Gasteiger partial charge in [0.2, 0.25) is 0 Å². The van der Waals surface area contributed by atoms with Gasteiger partial charge in [0.15, 0.2) is 0 Å². The molecule has 0 bridgehead atoms. The van der Waals surface area contributed by atoms with Crippen LogP contribution in [0.25, 0.3) is 22.2 Å². The van der Waals surface area contributed by atoms with Crippen molar-refractivity contribution in [1.29, 1.82) is 0 Å². The van der Waals surface area contributed by atoms with E-state index in [-0.39, 0.29) is 0 Å². The molecular weight excluding hydrogens is 423 g/mol. The number of hydrogen-bond donors (Lipinski definition) is 0. The summed E-state index contributed by atoms with van der Waals surface area (Å²) in [5.74, 6) is 1.57.